The summed E-state index contributed by atoms with van der Waals surface area (Å²) >= 11 is 1.54. The maximum atomic E-state index is 13.0. The monoisotopic (exact) mass is 458 g/mol. The number of nitrogens with one attached hydrogen (secondary N) is 1. The summed E-state index contributed by atoms with van der Waals surface area (Å²) in [4.78, 5) is 9.77. The molecule has 0 amide bonds. The van der Waals surface area contributed by atoms with Crippen LogP contribution >= 0.6 is 11.3 Å². The van der Waals surface area contributed by atoms with Crippen LogP contribution in [-0.2, 0) is 10.0 Å². The van der Waals surface area contributed by atoms with Crippen molar-refractivity contribution in [2.45, 2.75) is 56.6 Å². The first-order valence-electron chi connectivity index (χ1n) is 10.2. The van der Waals surface area contributed by atoms with Crippen molar-refractivity contribution in [2.75, 3.05) is 5.73 Å². The summed E-state index contributed by atoms with van der Waals surface area (Å²) in [6, 6.07) is 6.89. The van der Waals surface area contributed by atoms with Crippen molar-refractivity contribution in [3.63, 3.8) is 0 Å². The summed E-state index contributed by atoms with van der Waals surface area (Å²) in [6.45, 7) is 3.87. The minimum Gasteiger partial charge on any atom is -0.393 e. The highest BCUT2D eigenvalue weighted by Gasteiger charge is 2.25. The van der Waals surface area contributed by atoms with E-state index in [2.05, 4.69) is 14.7 Å². The number of thiazole rings is 1. The molecule has 0 radical (unpaired) electrons. The number of aryl methyl sites for hydroxylation is 2. The molecule has 3 aromatic rings. The predicted octanol–water partition coefficient (Wildman–Crippen LogP) is 3.65. The van der Waals surface area contributed by atoms with Gasteiger partial charge in [0.25, 0.3) is 0 Å². The smallest absolute Gasteiger partial charge is 0.240 e. The minimum absolute atomic E-state index is 0.155. The van der Waals surface area contributed by atoms with Crippen molar-refractivity contribution in [2.24, 2.45) is 0 Å². The number of nitrogens with two attached hydrogens (primary N) is 1. The lowest BCUT2D eigenvalue weighted by Gasteiger charge is -2.26. The van der Waals surface area contributed by atoms with Crippen LogP contribution in [0.15, 0.2) is 41.6 Å². The number of benzene rings is 1. The van der Waals surface area contributed by atoms with E-state index in [4.69, 9.17) is 5.73 Å². The molecule has 9 heteroatoms. The van der Waals surface area contributed by atoms with Crippen LogP contribution in [0.1, 0.15) is 36.3 Å². The largest absolute Gasteiger partial charge is 0.393 e. The summed E-state index contributed by atoms with van der Waals surface area (Å²) < 4.78 is 28.8. The van der Waals surface area contributed by atoms with Gasteiger partial charge in [0.2, 0.25) is 10.0 Å². The predicted molar refractivity (Wildman–Crippen MR) is 123 cm³/mol. The van der Waals surface area contributed by atoms with E-state index in [1.165, 1.54) is 11.3 Å². The molecular weight excluding hydrogens is 432 g/mol. The maximum absolute atomic E-state index is 13.0. The molecule has 0 unspecified atom stereocenters. The van der Waals surface area contributed by atoms with Crippen molar-refractivity contribution in [1.82, 2.24) is 14.7 Å². The van der Waals surface area contributed by atoms with Crippen molar-refractivity contribution in [3.05, 3.63) is 47.2 Å². The second-order valence-corrected chi connectivity index (χ2v) is 11.0. The number of nitrogens with zero attached hydrogens (tertiary/aromatic N) is 2. The summed E-state index contributed by atoms with van der Waals surface area (Å²) in [6.07, 6.45) is 5.61. The Kier molecular flexibility index (Phi) is 6.11. The van der Waals surface area contributed by atoms with Gasteiger partial charge in [0.05, 0.1) is 20.9 Å². The summed E-state index contributed by atoms with van der Waals surface area (Å²) in [5, 5.41) is 10.6. The molecule has 0 aliphatic heterocycles. The summed E-state index contributed by atoms with van der Waals surface area (Å²) in [5.74, 6) is 0.412. The number of nitrogen functional groups attached to an aromatic ring is 1. The van der Waals surface area contributed by atoms with Gasteiger partial charge in [0.15, 0.2) is 0 Å². The minimum atomic E-state index is -3.68. The van der Waals surface area contributed by atoms with E-state index in [0.717, 1.165) is 32.1 Å². The zero-order valence-corrected chi connectivity index (χ0v) is 19.1. The highest BCUT2D eigenvalue weighted by atomic mass is 32.2. The van der Waals surface area contributed by atoms with E-state index < -0.39 is 10.0 Å². The van der Waals surface area contributed by atoms with Crippen molar-refractivity contribution in [3.8, 4) is 21.6 Å². The van der Waals surface area contributed by atoms with Gasteiger partial charge in [-0.05, 0) is 68.9 Å². The van der Waals surface area contributed by atoms with Crippen molar-refractivity contribution >= 4 is 27.2 Å². The van der Waals surface area contributed by atoms with Crippen molar-refractivity contribution in [1.29, 1.82) is 0 Å². The van der Waals surface area contributed by atoms with Gasteiger partial charge in [-0.1, -0.05) is 6.07 Å². The molecule has 1 saturated carbocycles. The molecule has 164 valence electrons. The number of aliphatic hydroxyl groups is 1. The topological polar surface area (TPSA) is 118 Å². The summed E-state index contributed by atoms with van der Waals surface area (Å²) in [7, 11) is -3.68. The first kappa shape index (κ1) is 21.9. The van der Waals surface area contributed by atoms with E-state index in [1.807, 2.05) is 19.9 Å². The van der Waals surface area contributed by atoms with Crippen LogP contribution < -0.4 is 10.5 Å². The second kappa shape index (κ2) is 8.66. The average Bonchev–Trinajstić information content (AvgIpc) is 3.16. The maximum Gasteiger partial charge on any atom is 0.240 e. The Hall–Kier alpha value is -2.33. The van der Waals surface area contributed by atoms with Crippen LogP contribution in [0, 0.1) is 13.8 Å². The van der Waals surface area contributed by atoms with Crippen LogP contribution in [0.5, 0.6) is 0 Å². The highest BCUT2D eigenvalue weighted by Crippen LogP contribution is 2.34. The third kappa shape index (κ3) is 4.79. The van der Waals surface area contributed by atoms with Crippen LogP contribution in [0.4, 0.5) is 5.82 Å². The number of pyridine rings is 1. The fraction of sp³-hybridized carbons (Fsp3) is 0.364. The molecule has 1 fully saturated rings. The zero-order chi connectivity index (χ0) is 22.2. The number of aliphatic hydroxyl groups excluding tert-OH is 1. The van der Waals surface area contributed by atoms with Gasteiger partial charge in [0, 0.05) is 29.6 Å². The molecule has 2 aromatic heterocycles. The van der Waals surface area contributed by atoms with Crippen LogP contribution in [0.2, 0.25) is 0 Å². The lowest BCUT2D eigenvalue weighted by Crippen LogP contribution is -2.38. The van der Waals surface area contributed by atoms with E-state index in [1.54, 1.807) is 30.6 Å². The third-order valence-electron chi connectivity index (χ3n) is 5.65. The van der Waals surface area contributed by atoms with Gasteiger partial charge in [-0.2, -0.15) is 0 Å². The second-order valence-electron chi connectivity index (χ2n) is 8.00. The molecule has 0 spiro atoms. The molecule has 1 aromatic carbocycles. The van der Waals surface area contributed by atoms with Crippen LogP contribution in [0.25, 0.3) is 21.6 Å². The van der Waals surface area contributed by atoms with E-state index in [0.29, 0.717) is 31.5 Å². The molecule has 4 N–H and O–H groups in total. The number of aromatic nitrogens is 2. The SMILES string of the molecule is Cc1ncc(-c2cc(-c3cc(S(=O)(=O)NC4CCC(O)CC4)ccc3C)cnc2N)s1. The van der Waals surface area contributed by atoms with Crippen LogP contribution in [0.3, 0.4) is 0 Å². The van der Waals surface area contributed by atoms with Gasteiger partial charge in [-0.25, -0.2) is 23.1 Å². The Bertz CT molecular complexity index is 1200. The number of anilines is 1. The van der Waals surface area contributed by atoms with Crippen molar-refractivity contribution < 1.29 is 13.5 Å². The summed E-state index contributed by atoms with van der Waals surface area (Å²) in [5.41, 5.74) is 9.42. The molecule has 4 rings (SSSR count). The Morgan fingerprint density at radius 3 is 2.48 bits per heavy atom. The zero-order valence-electron chi connectivity index (χ0n) is 17.5. The molecule has 2 heterocycles. The fourth-order valence-electron chi connectivity index (χ4n) is 3.87. The number of hydrogen-bond donors (Lipinski definition) is 3. The molecule has 0 saturated heterocycles. The molecule has 31 heavy (non-hydrogen) atoms. The Labute approximate surface area is 186 Å². The van der Waals surface area contributed by atoms with E-state index >= 15 is 0 Å². The Morgan fingerprint density at radius 1 is 1.06 bits per heavy atom. The number of sulfonamides is 1. The third-order valence-corrected chi connectivity index (χ3v) is 8.12. The highest BCUT2D eigenvalue weighted by molar-refractivity contribution is 7.89. The molecule has 0 bridgehead atoms. The van der Waals surface area contributed by atoms with Gasteiger partial charge in [-0.3, -0.25) is 0 Å². The van der Waals surface area contributed by atoms with Gasteiger partial charge in [-0.15, -0.1) is 11.3 Å². The lowest BCUT2D eigenvalue weighted by atomic mass is 9.94. The Balaban J connectivity index is 1.67. The number of hydrogen-bond acceptors (Lipinski definition) is 7. The van der Waals surface area contributed by atoms with Gasteiger partial charge < -0.3 is 10.8 Å². The van der Waals surface area contributed by atoms with Gasteiger partial charge in [0.1, 0.15) is 5.82 Å². The fourth-order valence-corrected chi connectivity index (χ4v) is 6.00. The molecule has 1 aliphatic rings. The van der Waals surface area contributed by atoms with E-state index in [9.17, 15) is 13.5 Å². The van der Waals surface area contributed by atoms with Crippen LogP contribution in [-0.4, -0.2) is 35.6 Å². The molecule has 7 nitrogen and oxygen atoms in total. The standard InChI is InChI=1S/C22H26N4O3S2/c1-13-3-8-18(31(28,29)26-16-4-6-17(27)7-5-16)10-19(13)15-9-20(22(23)25-11-15)21-12-24-14(2)30-21/h3,8-12,16-17,26-27H,4-7H2,1-2H3,(H2,23,25). The number of rotatable bonds is 5. The molecule has 1 aliphatic carbocycles. The first-order chi connectivity index (χ1) is 14.7. The molecule has 0 atom stereocenters. The lowest BCUT2D eigenvalue weighted by molar-refractivity contribution is 0.120. The normalized spacial score (nSPS) is 19.5. The van der Waals surface area contributed by atoms with Gasteiger partial charge >= 0.3 is 0 Å². The average molecular weight is 459 g/mol. The quantitative estimate of drug-likeness (QED) is 0.537. The van der Waals surface area contributed by atoms with E-state index in [-0.39, 0.29) is 17.0 Å². The first-order valence-corrected chi connectivity index (χ1v) is 12.5. The molecular formula is C22H26N4O3S2. The Morgan fingerprint density at radius 2 is 1.81 bits per heavy atom.